The van der Waals surface area contributed by atoms with Crippen molar-refractivity contribution >= 4 is 23.8 Å². The highest BCUT2D eigenvalue weighted by Crippen LogP contribution is 2.09. The first kappa shape index (κ1) is 18.2. The van der Waals surface area contributed by atoms with Crippen molar-refractivity contribution in [1.82, 2.24) is 9.88 Å². The van der Waals surface area contributed by atoms with Crippen molar-refractivity contribution < 1.29 is 14.8 Å². The van der Waals surface area contributed by atoms with Crippen LogP contribution in [-0.2, 0) is 11.3 Å². The lowest BCUT2D eigenvalue weighted by molar-refractivity contribution is -0.121. The number of amides is 1. The maximum absolute atomic E-state index is 12.4. The average Bonchev–Trinajstić information content (AvgIpc) is 2.53. The van der Waals surface area contributed by atoms with E-state index < -0.39 is 13.1 Å². The van der Waals surface area contributed by atoms with Crippen LogP contribution in [0.1, 0.15) is 26.7 Å². The Morgan fingerprint density at radius 1 is 1.25 bits per heavy atom. The van der Waals surface area contributed by atoms with E-state index in [1.165, 1.54) is 4.57 Å². The fourth-order valence-electron chi connectivity index (χ4n) is 2.67. The fourth-order valence-corrected chi connectivity index (χ4v) is 2.67. The van der Waals surface area contributed by atoms with Gasteiger partial charge in [0, 0.05) is 24.5 Å². The van der Waals surface area contributed by atoms with Gasteiger partial charge in [0.25, 0.3) is 5.56 Å². The standard InChI is InChI=1S/C17H23BN2O4/c1-12(2)11-15(18(23)24)19-16(21)8-10-20-9-7-13-5-3-4-6-14(13)17(20)22/h3-7,9,12,15,23-24H,8,10-11H2,1-2H3,(H,19,21)/t15-/m0/s1. The highest BCUT2D eigenvalue weighted by molar-refractivity contribution is 6.43. The second kappa shape index (κ2) is 8.12. The van der Waals surface area contributed by atoms with Gasteiger partial charge in [-0.25, -0.2) is 0 Å². The molecule has 0 radical (unpaired) electrons. The topological polar surface area (TPSA) is 91.6 Å². The molecule has 0 aliphatic carbocycles. The van der Waals surface area contributed by atoms with Gasteiger partial charge in [-0.05, 0) is 29.9 Å². The van der Waals surface area contributed by atoms with Crippen molar-refractivity contribution in [3.8, 4) is 0 Å². The predicted molar refractivity (Wildman–Crippen MR) is 94.4 cm³/mol. The Kier molecular flexibility index (Phi) is 6.17. The number of hydrogen-bond acceptors (Lipinski definition) is 4. The van der Waals surface area contributed by atoms with Gasteiger partial charge in [0.1, 0.15) is 0 Å². The molecule has 128 valence electrons. The van der Waals surface area contributed by atoms with Crippen LogP contribution in [-0.4, -0.2) is 33.6 Å². The van der Waals surface area contributed by atoms with Gasteiger partial charge < -0.3 is 19.9 Å². The van der Waals surface area contributed by atoms with Gasteiger partial charge >= 0.3 is 7.12 Å². The number of aryl methyl sites for hydroxylation is 1. The predicted octanol–water partition coefficient (Wildman–Crippen LogP) is 0.934. The molecule has 0 unspecified atom stereocenters. The lowest BCUT2D eigenvalue weighted by Gasteiger charge is -2.19. The van der Waals surface area contributed by atoms with E-state index in [2.05, 4.69) is 5.32 Å². The number of pyridine rings is 1. The van der Waals surface area contributed by atoms with Crippen molar-refractivity contribution in [1.29, 1.82) is 0 Å². The van der Waals surface area contributed by atoms with E-state index in [0.717, 1.165) is 5.39 Å². The molecule has 0 saturated heterocycles. The van der Waals surface area contributed by atoms with E-state index in [1.807, 2.05) is 32.0 Å². The van der Waals surface area contributed by atoms with Gasteiger partial charge in [0.15, 0.2) is 0 Å². The molecule has 24 heavy (non-hydrogen) atoms. The Balaban J connectivity index is 2.01. The number of hydrogen-bond donors (Lipinski definition) is 3. The number of nitrogens with one attached hydrogen (secondary N) is 1. The maximum Gasteiger partial charge on any atom is 0.475 e. The fraction of sp³-hybridized carbons (Fsp3) is 0.412. The highest BCUT2D eigenvalue weighted by Gasteiger charge is 2.25. The van der Waals surface area contributed by atoms with Crippen molar-refractivity contribution in [2.45, 2.75) is 39.2 Å². The SMILES string of the molecule is CC(C)C[C@H](NC(=O)CCn1ccc2ccccc2c1=O)B(O)O. The van der Waals surface area contributed by atoms with Gasteiger partial charge in [-0.15, -0.1) is 0 Å². The molecule has 1 heterocycles. The van der Waals surface area contributed by atoms with Crippen LogP contribution in [0.25, 0.3) is 10.8 Å². The summed E-state index contributed by atoms with van der Waals surface area (Å²) in [5.41, 5.74) is -0.137. The van der Waals surface area contributed by atoms with Crippen LogP contribution < -0.4 is 10.9 Å². The molecule has 1 aromatic carbocycles. The Morgan fingerprint density at radius 2 is 1.96 bits per heavy atom. The molecule has 6 nitrogen and oxygen atoms in total. The molecule has 0 saturated carbocycles. The number of fused-ring (bicyclic) bond motifs is 1. The largest absolute Gasteiger partial charge is 0.475 e. The number of carbonyl (C=O) groups excluding carboxylic acids is 1. The molecule has 2 aromatic rings. The second-order valence-corrected chi connectivity index (χ2v) is 6.37. The highest BCUT2D eigenvalue weighted by atomic mass is 16.4. The van der Waals surface area contributed by atoms with Crippen LogP contribution in [0.3, 0.4) is 0 Å². The van der Waals surface area contributed by atoms with Gasteiger partial charge in [0.2, 0.25) is 5.91 Å². The summed E-state index contributed by atoms with van der Waals surface area (Å²) in [5.74, 6) is -0.792. The van der Waals surface area contributed by atoms with Crippen LogP contribution in [0, 0.1) is 5.92 Å². The number of nitrogens with zero attached hydrogens (tertiary/aromatic N) is 1. The molecule has 0 aliphatic rings. The van der Waals surface area contributed by atoms with Crippen LogP contribution in [0.4, 0.5) is 0 Å². The minimum absolute atomic E-state index is 0.0968. The maximum atomic E-state index is 12.4. The third-order valence-corrected chi connectivity index (χ3v) is 3.90. The Morgan fingerprint density at radius 3 is 2.62 bits per heavy atom. The van der Waals surface area contributed by atoms with Gasteiger partial charge in [0.05, 0.1) is 5.94 Å². The first-order valence-electron chi connectivity index (χ1n) is 8.12. The number of rotatable bonds is 7. The third-order valence-electron chi connectivity index (χ3n) is 3.90. The number of carbonyl (C=O) groups is 1. The number of benzene rings is 1. The zero-order valence-corrected chi connectivity index (χ0v) is 14.0. The van der Waals surface area contributed by atoms with Gasteiger partial charge in [-0.1, -0.05) is 32.0 Å². The van der Waals surface area contributed by atoms with E-state index in [1.54, 1.807) is 18.3 Å². The number of aromatic nitrogens is 1. The molecule has 1 atom stereocenters. The zero-order chi connectivity index (χ0) is 17.7. The normalized spacial score (nSPS) is 12.4. The van der Waals surface area contributed by atoms with Gasteiger partial charge in [-0.3, -0.25) is 9.59 Å². The quantitative estimate of drug-likeness (QED) is 0.659. The second-order valence-electron chi connectivity index (χ2n) is 6.37. The van der Waals surface area contributed by atoms with Crippen LogP contribution in [0.15, 0.2) is 41.3 Å². The molecule has 2 rings (SSSR count). The molecule has 1 aromatic heterocycles. The van der Waals surface area contributed by atoms with Crippen molar-refractivity contribution in [3.05, 3.63) is 46.9 Å². The Hall–Kier alpha value is -2.12. The molecule has 1 amide bonds. The summed E-state index contributed by atoms with van der Waals surface area (Å²) in [6, 6.07) is 9.14. The minimum atomic E-state index is -1.60. The lowest BCUT2D eigenvalue weighted by Crippen LogP contribution is -2.47. The average molecular weight is 330 g/mol. The molecule has 0 spiro atoms. The van der Waals surface area contributed by atoms with E-state index in [4.69, 9.17) is 0 Å². The monoisotopic (exact) mass is 330 g/mol. The first-order chi connectivity index (χ1) is 11.4. The molecule has 0 aliphatic heterocycles. The van der Waals surface area contributed by atoms with Crippen LogP contribution in [0.2, 0.25) is 0 Å². The van der Waals surface area contributed by atoms with Crippen LogP contribution >= 0.6 is 0 Å². The smallest absolute Gasteiger partial charge is 0.426 e. The lowest BCUT2D eigenvalue weighted by atomic mass is 9.75. The van der Waals surface area contributed by atoms with Crippen molar-refractivity contribution in [2.24, 2.45) is 5.92 Å². The molecular weight excluding hydrogens is 307 g/mol. The van der Waals surface area contributed by atoms with Crippen molar-refractivity contribution in [3.63, 3.8) is 0 Å². The Labute approximate surface area is 141 Å². The van der Waals surface area contributed by atoms with E-state index >= 15 is 0 Å². The molecule has 7 heteroatoms. The summed E-state index contributed by atoms with van der Waals surface area (Å²) in [6.07, 6.45) is 2.24. The first-order valence-corrected chi connectivity index (χ1v) is 8.12. The summed E-state index contributed by atoms with van der Waals surface area (Å²) in [5, 5.41) is 22.8. The molecule has 0 bridgehead atoms. The minimum Gasteiger partial charge on any atom is -0.426 e. The zero-order valence-electron chi connectivity index (χ0n) is 14.0. The summed E-state index contributed by atoms with van der Waals surface area (Å²) in [7, 11) is -1.60. The summed E-state index contributed by atoms with van der Waals surface area (Å²) < 4.78 is 1.49. The van der Waals surface area contributed by atoms with Gasteiger partial charge in [-0.2, -0.15) is 0 Å². The molecule has 3 N–H and O–H groups in total. The van der Waals surface area contributed by atoms with E-state index in [9.17, 15) is 19.6 Å². The summed E-state index contributed by atoms with van der Waals surface area (Å²) >= 11 is 0. The summed E-state index contributed by atoms with van der Waals surface area (Å²) in [4.78, 5) is 24.4. The summed E-state index contributed by atoms with van der Waals surface area (Å²) in [6.45, 7) is 4.12. The van der Waals surface area contributed by atoms with E-state index in [-0.39, 0.29) is 30.3 Å². The van der Waals surface area contributed by atoms with E-state index in [0.29, 0.717) is 11.8 Å². The van der Waals surface area contributed by atoms with Crippen LogP contribution in [0.5, 0.6) is 0 Å². The Bertz CT molecular complexity index is 758. The third kappa shape index (κ3) is 4.69. The molecule has 0 fully saturated rings. The van der Waals surface area contributed by atoms with Crippen molar-refractivity contribution in [2.75, 3.05) is 0 Å². The molecular formula is C17H23BN2O4.